The largest absolute Gasteiger partial charge is 0.369 e. The van der Waals surface area contributed by atoms with Gasteiger partial charge in [0.15, 0.2) is 0 Å². The van der Waals surface area contributed by atoms with Crippen molar-refractivity contribution in [3.05, 3.63) is 24.3 Å². The Balaban J connectivity index is 1.69. The van der Waals surface area contributed by atoms with E-state index in [2.05, 4.69) is 15.2 Å². The second-order valence-electron chi connectivity index (χ2n) is 4.62. The Morgan fingerprint density at radius 3 is 2.87 bits per heavy atom. The maximum Gasteiger partial charge on any atom is 0.212 e. The summed E-state index contributed by atoms with van der Waals surface area (Å²) in [7, 11) is 0. The maximum absolute atomic E-state index is 12.6. The first-order chi connectivity index (χ1) is 7.27. The van der Waals surface area contributed by atoms with Crippen molar-refractivity contribution in [3.8, 4) is 0 Å². The Morgan fingerprint density at radius 1 is 1.40 bits per heavy atom. The number of halogens is 1. The third-order valence-electron chi connectivity index (χ3n) is 3.46. The molecule has 3 rings (SSSR count). The van der Waals surface area contributed by atoms with Gasteiger partial charge >= 0.3 is 0 Å². The normalized spacial score (nSPS) is 23.1. The first kappa shape index (κ1) is 9.09. The zero-order chi connectivity index (χ0) is 10.3. The fourth-order valence-electron chi connectivity index (χ4n) is 2.57. The van der Waals surface area contributed by atoms with E-state index >= 15 is 0 Å². The Labute approximate surface area is 88.3 Å². The number of anilines is 1. The van der Waals surface area contributed by atoms with Gasteiger partial charge in [0.2, 0.25) is 5.95 Å². The Hall–Kier alpha value is -1.16. The molecule has 3 heterocycles. The van der Waals surface area contributed by atoms with Crippen molar-refractivity contribution in [1.29, 1.82) is 0 Å². The van der Waals surface area contributed by atoms with Gasteiger partial charge in [0.1, 0.15) is 0 Å². The van der Waals surface area contributed by atoms with Crippen LogP contribution in [-0.2, 0) is 0 Å². The van der Waals surface area contributed by atoms with Crippen molar-refractivity contribution < 1.29 is 4.39 Å². The second kappa shape index (κ2) is 3.17. The molecule has 1 aromatic rings. The first-order valence-corrected chi connectivity index (χ1v) is 5.35. The average molecular weight is 207 g/mol. The summed E-state index contributed by atoms with van der Waals surface area (Å²) in [5.41, 5.74) is 1.52. The van der Waals surface area contributed by atoms with Gasteiger partial charge in [0.05, 0.1) is 11.9 Å². The zero-order valence-electron chi connectivity index (χ0n) is 8.54. The number of nitrogens with zero attached hydrogens (tertiary/aromatic N) is 2. The van der Waals surface area contributed by atoms with Crippen LogP contribution in [0.4, 0.5) is 10.1 Å². The monoisotopic (exact) mass is 207 g/mol. The van der Waals surface area contributed by atoms with Crippen molar-refractivity contribution in [2.75, 3.05) is 31.1 Å². The SMILES string of the molecule is Fc1ccc(N2CC3(CCNC3)C2)cn1. The summed E-state index contributed by atoms with van der Waals surface area (Å²) in [5.74, 6) is -0.406. The lowest BCUT2D eigenvalue weighted by molar-refractivity contribution is 0.243. The van der Waals surface area contributed by atoms with Gasteiger partial charge in [-0.2, -0.15) is 4.39 Å². The minimum absolute atomic E-state index is 0.406. The molecule has 2 aliphatic heterocycles. The highest BCUT2D eigenvalue weighted by molar-refractivity contribution is 5.48. The van der Waals surface area contributed by atoms with E-state index in [1.165, 1.54) is 12.5 Å². The lowest BCUT2D eigenvalue weighted by atomic mass is 9.79. The number of nitrogens with one attached hydrogen (secondary N) is 1. The summed E-state index contributed by atoms with van der Waals surface area (Å²) in [4.78, 5) is 5.94. The molecule has 1 spiro atoms. The Kier molecular flexibility index (Phi) is 1.92. The standard InChI is InChI=1S/C11H14FN3/c12-10-2-1-9(5-14-10)15-7-11(8-15)3-4-13-6-11/h1-2,5,13H,3-4,6-8H2. The Bertz CT molecular complexity index is 349. The molecule has 0 atom stereocenters. The van der Waals surface area contributed by atoms with E-state index in [1.54, 1.807) is 12.3 Å². The van der Waals surface area contributed by atoms with Crippen LogP contribution in [-0.4, -0.2) is 31.2 Å². The molecule has 1 N–H and O–H groups in total. The van der Waals surface area contributed by atoms with Crippen molar-refractivity contribution >= 4 is 5.69 Å². The molecule has 0 aromatic carbocycles. The predicted octanol–water partition coefficient (Wildman–Crippen LogP) is 1.02. The maximum atomic E-state index is 12.6. The molecule has 2 fully saturated rings. The highest BCUT2D eigenvalue weighted by atomic mass is 19.1. The number of hydrogen-bond acceptors (Lipinski definition) is 3. The molecule has 15 heavy (non-hydrogen) atoms. The Morgan fingerprint density at radius 2 is 2.27 bits per heavy atom. The summed E-state index contributed by atoms with van der Waals surface area (Å²) in [6.45, 7) is 4.41. The zero-order valence-corrected chi connectivity index (χ0v) is 8.54. The molecule has 0 amide bonds. The topological polar surface area (TPSA) is 28.2 Å². The summed E-state index contributed by atoms with van der Waals surface area (Å²) < 4.78 is 12.6. The number of rotatable bonds is 1. The van der Waals surface area contributed by atoms with Crippen LogP contribution in [0.25, 0.3) is 0 Å². The lowest BCUT2D eigenvalue weighted by Crippen LogP contribution is -2.57. The van der Waals surface area contributed by atoms with Gasteiger partial charge in [0, 0.05) is 25.0 Å². The van der Waals surface area contributed by atoms with E-state index in [9.17, 15) is 4.39 Å². The summed E-state index contributed by atoms with van der Waals surface area (Å²) in [5, 5.41) is 3.39. The second-order valence-corrected chi connectivity index (χ2v) is 4.62. The fourth-order valence-corrected chi connectivity index (χ4v) is 2.57. The summed E-state index contributed by atoms with van der Waals surface area (Å²) in [6, 6.07) is 3.23. The molecule has 0 saturated carbocycles. The molecule has 2 saturated heterocycles. The molecule has 0 radical (unpaired) electrons. The third kappa shape index (κ3) is 1.49. The van der Waals surface area contributed by atoms with Gasteiger partial charge in [-0.3, -0.25) is 0 Å². The number of aromatic nitrogens is 1. The highest BCUT2D eigenvalue weighted by Gasteiger charge is 2.44. The van der Waals surface area contributed by atoms with Gasteiger partial charge in [-0.15, -0.1) is 0 Å². The quantitative estimate of drug-likeness (QED) is 0.697. The van der Waals surface area contributed by atoms with Crippen molar-refractivity contribution in [2.24, 2.45) is 5.41 Å². The van der Waals surface area contributed by atoms with E-state index in [0.717, 1.165) is 31.9 Å². The van der Waals surface area contributed by atoms with Gasteiger partial charge < -0.3 is 10.2 Å². The van der Waals surface area contributed by atoms with Gasteiger partial charge in [-0.25, -0.2) is 4.98 Å². The third-order valence-corrected chi connectivity index (χ3v) is 3.46. The molecule has 4 heteroatoms. The van der Waals surface area contributed by atoms with E-state index in [0.29, 0.717) is 5.41 Å². The summed E-state index contributed by atoms with van der Waals surface area (Å²) >= 11 is 0. The smallest absolute Gasteiger partial charge is 0.212 e. The van der Waals surface area contributed by atoms with Crippen molar-refractivity contribution in [3.63, 3.8) is 0 Å². The highest BCUT2D eigenvalue weighted by Crippen LogP contribution is 2.38. The van der Waals surface area contributed by atoms with Crippen LogP contribution < -0.4 is 10.2 Å². The molecule has 2 aliphatic rings. The lowest BCUT2D eigenvalue weighted by Gasteiger charge is -2.49. The average Bonchev–Trinajstić information content (AvgIpc) is 2.66. The van der Waals surface area contributed by atoms with Gasteiger partial charge in [-0.05, 0) is 25.1 Å². The predicted molar refractivity (Wildman–Crippen MR) is 56.3 cm³/mol. The summed E-state index contributed by atoms with van der Waals surface area (Å²) in [6.07, 6.45) is 2.88. The minimum Gasteiger partial charge on any atom is -0.369 e. The van der Waals surface area contributed by atoms with Crippen LogP contribution in [0.2, 0.25) is 0 Å². The van der Waals surface area contributed by atoms with E-state index in [4.69, 9.17) is 0 Å². The number of pyridine rings is 1. The van der Waals surface area contributed by atoms with Crippen LogP contribution in [0, 0.1) is 11.4 Å². The molecule has 3 nitrogen and oxygen atoms in total. The van der Waals surface area contributed by atoms with Crippen LogP contribution in [0.5, 0.6) is 0 Å². The van der Waals surface area contributed by atoms with Crippen molar-refractivity contribution in [2.45, 2.75) is 6.42 Å². The van der Waals surface area contributed by atoms with Crippen LogP contribution in [0.15, 0.2) is 18.3 Å². The van der Waals surface area contributed by atoms with E-state index in [1.807, 2.05) is 0 Å². The van der Waals surface area contributed by atoms with Crippen LogP contribution in [0.3, 0.4) is 0 Å². The van der Waals surface area contributed by atoms with Gasteiger partial charge in [0.25, 0.3) is 0 Å². The molecule has 0 aliphatic carbocycles. The molecule has 80 valence electrons. The van der Waals surface area contributed by atoms with Crippen molar-refractivity contribution in [1.82, 2.24) is 10.3 Å². The fraction of sp³-hybridized carbons (Fsp3) is 0.545. The number of hydrogen-bond donors (Lipinski definition) is 1. The molecular formula is C11H14FN3. The minimum atomic E-state index is -0.406. The first-order valence-electron chi connectivity index (χ1n) is 5.35. The van der Waals surface area contributed by atoms with E-state index in [-0.39, 0.29) is 0 Å². The molecule has 0 bridgehead atoms. The van der Waals surface area contributed by atoms with Crippen LogP contribution >= 0.6 is 0 Å². The molecule has 0 unspecified atom stereocenters. The molecule has 1 aromatic heterocycles. The van der Waals surface area contributed by atoms with Crippen LogP contribution in [0.1, 0.15) is 6.42 Å². The van der Waals surface area contributed by atoms with E-state index < -0.39 is 5.95 Å². The molecular weight excluding hydrogens is 193 g/mol. The van der Waals surface area contributed by atoms with Gasteiger partial charge in [-0.1, -0.05) is 0 Å².